The first-order valence-electron chi connectivity index (χ1n) is 8.06. The van der Waals surface area contributed by atoms with Crippen LogP contribution in [0.25, 0.3) is 0 Å². The van der Waals surface area contributed by atoms with Crippen LogP contribution in [0.3, 0.4) is 0 Å². The molecule has 1 N–H and O–H groups in total. The SMILES string of the molecule is O=C(Cc1ccc(Cl)cc1)NC1CCN(C2CCOCC2)C1. The smallest absolute Gasteiger partial charge is 0.224 e. The molecule has 2 aliphatic heterocycles. The molecule has 120 valence electrons. The Morgan fingerprint density at radius 2 is 1.95 bits per heavy atom. The van der Waals surface area contributed by atoms with Crippen molar-refractivity contribution in [3.05, 3.63) is 34.9 Å². The number of rotatable bonds is 4. The summed E-state index contributed by atoms with van der Waals surface area (Å²) < 4.78 is 5.42. The minimum Gasteiger partial charge on any atom is -0.381 e. The summed E-state index contributed by atoms with van der Waals surface area (Å²) in [4.78, 5) is 14.7. The van der Waals surface area contributed by atoms with E-state index in [2.05, 4.69) is 10.2 Å². The maximum absolute atomic E-state index is 12.2. The Morgan fingerprint density at radius 3 is 2.68 bits per heavy atom. The molecule has 2 aliphatic rings. The van der Waals surface area contributed by atoms with Crippen molar-refractivity contribution in [1.29, 1.82) is 0 Å². The lowest BCUT2D eigenvalue weighted by atomic mass is 10.1. The zero-order valence-electron chi connectivity index (χ0n) is 12.8. The molecule has 0 saturated carbocycles. The minimum atomic E-state index is 0.0983. The fourth-order valence-corrected chi connectivity index (χ4v) is 3.48. The highest BCUT2D eigenvalue weighted by Crippen LogP contribution is 2.20. The average molecular weight is 323 g/mol. The van der Waals surface area contributed by atoms with Gasteiger partial charge in [-0.25, -0.2) is 0 Å². The number of nitrogens with one attached hydrogen (secondary N) is 1. The third-order valence-corrected chi connectivity index (χ3v) is 4.82. The number of ether oxygens (including phenoxy) is 1. The molecule has 0 bridgehead atoms. The Labute approximate surface area is 136 Å². The van der Waals surface area contributed by atoms with Gasteiger partial charge in [-0.2, -0.15) is 0 Å². The number of hydrogen-bond donors (Lipinski definition) is 1. The summed E-state index contributed by atoms with van der Waals surface area (Å²) in [6.45, 7) is 3.79. The maximum atomic E-state index is 12.2. The number of carbonyl (C=O) groups is 1. The van der Waals surface area contributed by atoms with Crippen molar-refractivity contribution in [1.82, 2.24) is 10.2 Å². The standard InChI is InChI=1S/C17H23ClN2O2/c18-14-3-1-13(2-4-14)11-17(21)19-15-5-8-20(12-15)16-6-9-22-10-7-16/h1-4,15-16H,5-12H2,(H,19,21). The molecule has 1 aromatic rings. The molecule has 1 atom stereocenters. The van der Waals surface area contributed by atoms with Crippen molar-refractivity contribution in [2.75, 3.05) is 26.3 Å². The largest absolute Gasteiger partial charge is 0.381 e. The zero-order chi connectivity index (χ0) is 15.4. The van der Waals surface area contributed by atoms with E-state index in [9.17, 15) is 4.79 Å². The van der Waals surface area contributed by atoms with Crippen molar-refractivity contribution in [3.8, 4) is 0 Å². The fraction of sp³-hybridized carbons (Fsp3) is 0.588. The number of hydrogen-bond acceptors (Lipinski definition) is 3. The first-order valence-corrected chi connectivity index (χ1v) is 8.44. The summed E-state index contributed by atoms with van der Waals surface area (Å²) in [5.74, 6) is 0.0983. The molecular weight excluding hydrogens is 300 g/mol. The number of likely N-dealkylation sites (tertiary alicyclic amines) is 1. The number of nitrogens with zero attached hydrogens (tertiary/aromatic N) is 1. The molecule has 0 aromatic heterocycles. The lowest BCUT2D eigenvalue weighted by Gasteiger charge is -2.31. The summed E-state index contributed by atoms with van der Waals surface area (Å²) in [6, 6.07) is 8.38. The molecule has 2 heterocycles. The first-order chi connectivity index (χ1) is 10.7. The van der Waals surface area contributed by atoms with Crippen molar-refractivity contribution >= 4 is 17.5 Å². The summed E-state index contributed by atoms with van der Waals surface area (Å²) in [7, 11) is 0. The van der Waals surface area contributed by atoms with Crippen LogP contribution in [0, 0.1) is 0 Å². The van der Waals surface area contributed by atoms with Crippen LogP contribution in [0.2, 0.25) is 5.02 Å². The summed E-state index contributed by atoms with van der Waals surface area (Å²) in [5.41, 5.74) is 1.00. The molecule has 22 heavy (non-hydrogen) atoms. The predicted molar refractivity (Wildman–Crippen MR) is 87.1 cm³/mol. The molecular formula is C17H23ClN2O2. The predicted octanol–water partition coefficient (Wildman–Crippen LogP) is 2.25. The van der Waals surface area contributed by atoms with Crippen LogP contribution in [0.4, 0.5) is 0 Å². The molecule has 2 saturated heterocycles. The van der Waals surface area contributed by atoms with Gasteiger partial charge in [-0.15, -0.1) is 0 Å². The Balaban J connectivity index is 1.45. The van der Waals surface area contributed by atoms with E-state index >= 15 is 0 Å². The fourth-order valence-electron chi connectivity index (χ4n) is 3.35. The molecule has 1 aromatic carbocycles. The van der Waals surface area contributed by atoms with E-state index in [1.807, 2.05) is 24.3 Å². The van der Waals surface area contributed by atoms with Gasteiger partial charge in [-0.05, 0) is 37.0 Å². The second kappa shape index (κ2) is 7.44. The van der Waals surface area contributed by atoms with E-state index in [0.29, 0.717) is 17.5 Å². The van der Waals surface area contributed by atoms with Crippen LogP contribution >= 0.6 is 11.6 Å². The quantitative estimate of drug-likeness (QED) is 0.924. The van der Waals surface area contributed by atoms with Crippen molar-refractivity contribution in [2.24, 2.45) is 0 Å². The summed E-state index contributed by atoms with van der Waals surface area (Å²) >= 11 is 5.86. The maximum Gasteiger partial charge on any atom is 0.224 e. The van der Waals surface area contributed by atoms with Gasteiger partial charge in [-0.1, -0.05) is 23.7 Å². The molecule has 2 fully saturated rings. The molecule has 1 unspecified atom stereocenters. The van der Waals surface area contributed by atoms with Crippen LogP contribution < -0.4 is 5.32 Å². The number of benzene rings is 1. The molecule has 0 spiro atoms. The summed E-state index contributed by atoms with van der Waals surface area (Å²) in [6.07, 6.45) is 3.70. The van der Waals surface area contributed by atoms with Crippen molar-refractivity contribution < 1.29 is 9.53 Å². The highest BCUT2D eigenvalue weighted by molar-refractivity contribution is 6.30. The van der Waals surface area contributed by atoms with E-state index in [1.54, 1.807) is 0 Å². The van der Waals surface area contributed by atoms with Gasteiger partial charge in [0.1, 0.15) is 0 Å². The van der Waals surface area contributed by atoms with Gasteiger partial charge in [0, 0.05) is 43.4 Å². The molecule has 0 radical (unpaired) electrons. The Kier molecular flexibility index (Phi) is 5.34. The molecule has 3 rings (SSSR count). The third kappa shape index (κ3) is 4.22. The Hall–Kier alpha value is -1.10. The monoisotopic (exact) mass is 322 g/mol. The second-order valence-corrected chi connectivity index (χ2v) is 6.63. The number of carbonyl (C=O) groups excluding carboxylic acids is 1. The van der Waals surface area contributed by atoms with Crippen molar-refractivity contribution in [3.63, 3.8) is 0 Å². The Bertz CT molecular complexity index is 500. The lowest BCUT2D eigenvalue weighted by Crippen LogP contribution is -2.42. The summed E-state index contributed by atoms with van der Waals surface area (Å²) in [5, 5.41) is 3.87. The van der Waals surface area contributed by atoms with E-state index in [-0.39, 0.29) is 11.9 Å². The average Bonchev–Trinajstić information content (AvgIpc) is 2.99. The first kappa shape index (κ1) is 15.8. The van der Waals surface area contributed by atoms with Crippen LogP contribution in [0.5, 0.6) is 0 Å². The third-order valence-electron chi connectivity index (χ3n) is 4.57. The normalized spacial score (nSPS) is 23.6. The number of amides is 1. The van der Waals surface area contributed by atoms with Crippen molar-refractivity contribution in [2.45, 2.75) is 37.8 Å². The van der Waals surface area contributed by atoms with E-state index in [1.165, 1.54) is 0 Å². The molecule has 0 aliphatic carbocycles. The van der Waals surface area contributed by atoms with E-state index < -0.39 is 0 Å². The van der Waals surface area contributed by atoms with E-state index in [4.69, 9.17) is 16.3 Å². The topological polar surface area (TPSA) is 41.6 Å². The van der Waals surface area contributed by atoms with Gasteiger partial charge in [0.15, 0.2) is 0 Å². The minimum absolute atomic E-state index is 0.0983. The zero-order valence-corrected chi connectivity index (χ0v) is 13.5. The highest BCUT2D eigenvalue weighted by Gasteiger charge is 2.29. The van der Waals surface area contributed by atoms with Crippen LogP contribution in [-0.2, 0) is 16.0 Å². The van der Waals surface area contributed by atoms with Gasteiger partial charge in [-0.3, -0.25) is 9.69 Å². The van der Waals surface area contributed by atoms with Gasteiger partial charge in [0.05, 0.1) is 6.42 Å². The van der Waals surface area contributed by atoms with Gasteiger partial charge in [0.25, 0.3) is 0 Å². The molecule has 4 nitrogen and oxygen atoms in total. The number of halogens is 1. The Morgan fingerprint density at radius 1 is 1.23 bits per heavy atom. The van der Waals surface area contributed by atoms with Crippen LogP contribution in [0.1, 0.15) is 24.8 Å². The highest BCUT2D eigenvalue weighted by atomic mass is 35.5. The van der Waals surface area contributed by atoms with Gasteiger partial charge >= 0.3 is 0 Å². The van der Waals surface area contributed by atoms with E-state index in [0.717, 1.165) is 51.1 Å². The van der Waals surface area contributed by atoms with Gasteiger partial charge < -0.3 is 10.1 Å². The molecule has 5 heteroatoms. The second-order valence-electron chi connectivity index (χ2n) is 6.19. The molecule has 1 amide bonds. The van der Waals surface area contributed by atoms with Gasteiger partial charge in [0.2, 0.25) is 5.91 Å². The van der Waals surface area contributed by atoms with Crippen LogP contribution in [0.15, 0.2) is 24.3 Å². The van der Waals surface area contributed by atoms with Crippen LogP contribution in [-0.4, -0.2) is 49.2 Å². The lowest BCUT2D eigenvalue weighted by molar-refractivity contribution is -0.121.